The summed E-state index contributed by atoms with van der Waals surface area (Å²) in [6.45, 7) is 4.08. The van der Waals surface area contributed by atoms with Gasteiger partial charge in [0.15, 0.2) is 6.23 Å². The molecule has 0 aliphatic carbocycles. The standard InChI is InChI=1S/C22H25NO5S/c1-3-27-21-20(17-11-7-5-8-12-17)19(22(24)28-4-2)15-16-23(21)29(25,26)18-13-9-6-10-14-18/h5-16,19-21H,3-4H2,1-2H3/t19-,20+,21-/m0/s1. The molecule has 0 bridgehead atoms. The second kappa shape index (κ2) is 9.24. The molecule has 3 atom stereocenters. The number of carbonyl (C=O) groups excluding carboxylic acids is 1. The van der Waals surface area contributed by atoms with Crippen molar-refractivity contribution in [3.05, 3.63) is 78.5 Å². The van der Waals surface area contributed by atoms with E-state index < -0.39 is 34.1 Å². The number of esters is 1. The zero-order valence-electron chi connectivity index (χ0n) is 16.5. The smallest absolute Gasteiger partial charge is 0.313 e. The molecular weight excluding hydrogens is 390 g/mol. The molecule has 2 aromatic rings. The minimum Gasteiger partial charge on any atom is -0.466 e. The number of sulfonamides is 1. The van der Waals surface area contributed by atoms with Crippen LogP contribution in [0.3, 0.4) is 0 Å². The maximum atomic E-state index is 13.3. The lowest BCUT2D eigenvalue weighted by molar-refractivity contribution is -0.150. The van der Waals surface area contributed by atoms with Crippen LogP contribution in [-0.2, 0) is 24.3 Å². The quantitative estimate of drug-likeness (QED) is 0.647. The van der Waals surface area contributed by atoms with Gasteiger partial charge in [-0.1, -0.05) is 54.6 Å². The number of benzene rings is 2. The molecule has 0 aromatic heterocycles. The van der Waals surface area contributed by atoms with Crippen LogP contribution >= 0.6 is 0 Å². The highest BCUT2D eigenvalue weighted by Crippen LogP contribution is 2.39. The Morgan fingerprint density at radius 1 is 0.966 bits per heavy atom. The largest absolute Gasteiger partial charge is 0.466 e. The molecule has 154 valence electrons. The molecule has 0 radical (unpaired) electrons. The molecule has 0 unspecified atom stereocenters. The van der Waals surface area contributed by atoms with Crippen molar-refractivity contribution >= 4 is 16.0 Å². The maximum Gasteiger partial charge on any atom is 0.313 e. The Balaban J connectivity index is 2.11. The third-order valence-corrected chi connectivity index (χ3v) is 6.54. The monoisotopic (exact) mass is 415 g/mol. The van der Waals surface area contributed by atoms with E-state index in [-0.39, 0.29) is 18.1 Å². The van der Waals surface area contributed by atoms with Crippen LogP contribution in [0.4, 0.5) is 0 Å². The first-order valence-electron chi connectivity index (χ1n) is 9.60. The summed E-state index contributed by atoms with van der Waals surface area (Å²) in [5, 5.41) is 0. The summed E-state index contributed by atoms with van der Waals surface area (Å²) in [6.07, 6.45) is 2.13. The van der Waals surface area contributed by atoms with E-state index in [0.717, 1.165) is 5.56 Å². The number of hydrogen-bond donors (Lipinski definition) is 0. The Morgan fingerprint density at radius 2 is 1.59 bits per heavy atom. The predicted molar refractivity (Wildman–Crippen MR) is 109 cm³/mol. The van der Waals surface area contributed by atoms with Crippen LogP contribution in [0.1, 0.15) is 25.3 Å². The van der Waals surface area contributed by atoms with Gasteiger partial charge in [-0.05, 0) is 31.5 Å². The zero-order valence-corrected chi connectivity index (χ0v) is 17.3. The molecule has 29 heavy (non-hydrogen) atoms. The van der Waals surface area contributed by atoms with Gasteiger partial charge in [-0.2, -0.15) is 0 Å². The second-order valence-corrected chi connectivity index (χ2v) is 8.39. The molecule has 0 saturated carbocycles. The second-order valence-electron chi connectivity index (χ2n) is 6.55. The van der Waals surface area contributed by atoms with Crippen LogP contribution in [-0.4, -0.2) is 38.1 Å². The summed E-state index contributed by atoms with van der Waals surface area (Å²) in [5.74, 6) is -1.60. The molecule has 0 amide bonds. The Hall–Kier alpha value is -2.64. The fourth-order valence-electron chi connectivity index (χ4n) is 3.51. The summed E-state index contributed by atoms with van der Waals surface area (Å²) >= 11 is 0. The third-order valence-electron chi connectivity index (χ3n) is 4.78. The van der Waals surface area contributed by atoms with Crippen LogP contribution in [0, 0.1) is 5.92 Å². The molecule has 0 N–H and O–H groups in total. The highest BCUT2D eigenvalue weighted by atomic mass is 32.2. The topological polar surface area (TPSA) is 72.9 Å². The van der Waals surface area contributed by atoms with Gasteiger partial charge in [0.25, 0.3) is 10.0 Å². The van der Waals surface area contributed by atoms with E-state index >= 15 is 0 Å². The number of rotatable bonds is 7. The van der Waals surface area contributed by atoms with Gasteiger partial charge < -0.3 is 9.47 Å². The molecule has 1 aliphatic rings. The van der Waals surface area contributed by atoms with Crippen molar-refractivity contribution in [3.8, 4) is 0 Å². The number of nitrogens with zero attached hydrogens (tertiary/aromatic N) is 1. The summed E-state index contributed by atoms with van der Waals surface area (Å²) in [6, 6.07) is 17.5. The minimum atomic E-state index is -3.87. The van der Waals surface area contributed by atoms with E-state index in [1.807, 2.05) is 30.3 Å². The molecule has 7 heteroatoms. The zero-order chi connectivity index (χ0) is 20.9. The van der Waals surface area contributed by atoms with Crippen molar-refractivity contribution in [2.24, 2.45) is 5.92 Å². The van der Waals surface area contributed by atoms with Crippen LogP contribution in [0.2, 0.25) is 0 Å². The highest BCUT2D eigenvalue weighted by molar-refractivity contribution is 7.89. The third kappa shape index (κ3) is 4.36. The van der Waals surface area contributed by atoms with E-state index in [2.05, 4.69) is 0 Å². The highest BCUT2D eigenvalue weighted by Gasteiger charge is 2.44. The minimum absolute atomic E-state index is 0.163. The number of carbonyl (C=O) groups is 1. The van der Waals surface area contributed by atoms with Gasteiger partial charge in [0, 0.05) is 18.7 Å². The van der Waals surface area contributed by atoms with Gasteiger partial charge >= 0.3 is 5.97 Å². The van der Waals surface area contributed by atoms with Crippen molar-refractivity contribution in [2.75, 3.05) is 13.2 Å². The first-order valence-corrected chi connectivity index (χ1v) is 11.0. The van der Waals surface area contributed by atoms with Crippen LogP contribution in [0.5, 0.6) is 0 Å². The molecule has 1 heterocycles. The van der Waals surface area contributed by atoms with E-state index in [1.165, 1.54) is 10.5 Å². The fraction of sp³-hybridized carbons (Fsp3) is 0.318. The maximum absolute atomic E-state index is 13.3. The average Bonchev–Trinajstić information content (AvgIpc) is 2.75. The summed E-state index contributed by atoms with van der Waals surface area (Å²) in [7, 11) is -3.87. The molecule has 2 aromatic carbocycles. The molecule has 0 spiro atoms. The van der Waals surface area contributed by atoms with Crippen molar-refractivity contribution < 1.29 is 22.7 Å². The van der Waals surface area contributed by atoms with Gasteiger partial charge in [-0.25, -0.2) is 12.7 Å². The molecule has 3 rings (SSSR count). The molecule has 0 saturated heterocycles. The number of hydrogen-bond acceptors (Lipinski definition) is 5. The Kier molecular flexibility index (Phi) is 6.71. The van der Waals surface area contributed by atoms with Crippen molar-refractivity contribution in [2.45, 2.75) is 30.9 Å². The predicted octanol–water partition coefficient (Wildman–Crippen LogP) is 3.53. The van der Waals surface area contributed by atoms with E-state index in [0.29, 0.717) is 0 Å². The van der Waals surface area contributed by atoms with E-state index in [9.17, 15) is 13.2 Å². The summed E-state index contributed by atoms with van der Waals surface area (Å²) in [4.78, 5) is 12.8. The van der Waals surface area contributed by atoms with Gasteiger partial charge in [0.1, 0.15) is 0 Å². The lowest BCUT2D eigenvalue weighted by Gasteiger charge is -2.40. The Labute approximate surface area is 171 Å². The van der Waals surface area contributed by atoms with Crippen molar-refractivity contribution in [1.82, 2.24) is 4.31 Å². The summed E-state index contributed by atoms with van der Waals surface area (Å²) in [5.41, 5.74) is 0.807. The van der Waals surface area contributed by atoms with Crippen molar-refractivity contribution in [1.29, 1.82) is 0 Å². The van der Waals surface area contributed by atoms with Gasteiger partial charge in [-0.15, -0.1) is 0 Å². The van der Waals surface area contributed by atoms with Crippen LogP contribution in [0.15, 0.2) is 77.8 Å². The average molecular weight is 416 g/mol. The lowest BCUT2D eigenvalue weighted by Crippen LogP contribution is -2.48. The van der Waals surface area contributed by atoms with Crippen LogP contribution in [0.25, 0.3) is 0 Å². The van der Waals surface area contributed by atoms with Gasteiger partial charge in [-0.3, -0.25) is 4.79 Å². The molecule has 1 aliphatic heterocycles. The molecule has 6 nitrogen and oxygen atoms in total. The first kappa shape index (κ1) is 21.1. The SMILES string of the molecule is CCOC(=O)[C@H]1C=CN(S(=O)(=O)c2ccccc2)[C@@H](OCC)[C@@H]1c1ccccc1. The molecular formula is C22H25NO5S. The fourth-order valence-corrected chi connectivity index (χ4v) is 4.95. The first-order chi connectivity index (χ1) is 14.0. The van der Waals surface area contributed by atoms with Gasteiger partial charge in [0.2, 0.25) is 0 Å². The Bertz CT molecular complexity index is 944. The number of ether oxygens (including phenoxy) is 2. The Morgan fingerprint density at radius 3 is 2.17 bits per heavy atom. The van der Waals surface area contributed by atoms with Gasteiger partial charge in [0.05, 0.1) is 17.4 Å². The lowest BCUT2D eigenvalue weighted by atomic mass is 9.82. The van der Waals surface area contributed by atoms with Crippen LogP contribution < -0.4 is 0 Å². The van der Waals surface area contributed by atoms with Crippen molar-refractivity contribution in [3.63, 3.8) is 0 Å². The van der Waals surface area contributed by atoms with E-state index in [4.69, 9.17) is 9.47 Å². The van der Waals surface area contributed by atoms with E-state index in [1.54, 1.807) is 50.3 Å². The normalized spacial score (nSPS) is 21.7. The summed E-state index contributed by atoms with van der Waals surface area (Å²) < 4.78 is 39.0. The molecule has 0 fully saturated rings.